The second-order valence-electron chi connectivity index (χ2n) is 8.65. The molecule has 1 atom stereocenters. The predicted molar refractivity (Wildman–Crippen MR) is 136 cm³/mol. The summed E-state index contributed by atoms with van der Waals surface area (Å²) >= 11 is 0. The van der Waals surface area contributed by atoms with Gasteiger partial charge >= 0.3 is 5.97 Å². The Morgan fingerprint density at radius 2 is 1.61 bits per heavy atom. The zero-order chi connectivity index (χ0) is 25.8. The zero-order valence-corrected chi connectivity index (χ0v) is 19.9. The van der Waals surface area contributed by atoms with Gasteiger partial charge in [-0.3, -0.25) is 4.79 Å². The lowest BCUT2D eigenvalue weighted by Crippen LogP contribution is -2.18. The van der Waals surface area contributed by atoms with E-state index in [1.54, 1.807) is 43.6 Å². The van der Waals surface area contributed by atoms with Gasteiger partial charge in [0.1, 0.15) is 5.82 Å². The van der Waals surface area contributed by atoms with E-state index in [4.69, 9.17) is 5.11 Å². The van der Waals surface area contributed by atoms with E-state index in [2.05, 4.69) is 5.16 Å². The molecule has 2 N–H and O–H groups in total. The number of halogens is 1. The van der Waals surface area contributed by atoms with Gasteiger partial charge in [-0.2, -0.15) is 0 Å². The van der Waals surface area contributed by atoms with E-state index in [1.165, 1.54) is 28.8 Å². The molecule has 4 rings (SSSR count). The van der Waals surface area contributed by atoms with Crippen LogP contribution in [0, 0.1) is 12.7 Å². The monoisotopic (exact) mass is 484 g/mol. The molecular weight excluding hydrogens is 459 g/mol. The van der Waals surface area contributed by atoms with Gasteiger partial charge < -0.3 is 14.9 Å². The predicted octanol–water partition coefficient (Wildman–Crippen LogP) is 5.60. The van der Waals surface area contributed by atoms with Crippen LogP contribution >= 0.6 is 0 Å². The molecule has 0 fully saturated rings. The molecule has 0 saturated heterocycles. The minimum absolute atomic E-state index is 0.157. The fraction of sp³-hybridized carbons (Fsp3) is 0.138. The second-order valence-corrected chi connectivity index (χ2v) is 8.65. The van der Waals surface area contributed by atoms with Crippen molar-refractivity contribution in [1.29, 1.82) is 0 Å². The molecule has 0 saturated carbocycles. The third-order valence-corrected chi connectivity index (χ3v) is 6.34. The molecule has 1 aromatic heterocycles. The maximum Gasteiger partial charge on any atom is 0.335 e. The number of aryl methyl sites for hydroxylation is 2. The Bertz CT molecular complexity index is 1510. The van der Waals surface area contributed by atoms with E-state index in [1.807, 2.05) is 31.2 Å². The third kappa shape index (κ3) is 5.10. The molecule has 1 unspecified atom stereocenters. The molecule has 0 aliphatic carbocycles. The lowest BCUT2D eigenvalue weighted by atomic mass is 9.83. The van der Waals surface area contributed by atoms with Crippen molar-refractivity contribution >= 4 is 11.7 Å². The standard InChI is InChI=1S/C29H25FN2O4/c1-18-5-3-4-6-23(18)25(16-27(31-36)22-12-14-28(33)32(2)17-22)24-13-11-21(15-26(24)30)19-7-9-20(10-8-19)29(34)35/h3-15,17,25,36H,16H2,1-2H3,(H,34,35)/b31-27+. The fourth-order valence-corrected chi connectivity index (χ4v) is 4.33. The van der Waals surface area contributed by atoms with Gasteiger partial charge in [0.25, 0.3) is 0 Å². The van der Waals surface area contributed by atoms with Gasteiger partial charge in [-0.25, -0.2) is 9.18 Å². The molecule has 0 aliphatic rings. The van der Waals surface area contributed by atoms with E-state index in [9.17, 15) is 14.8 Å². The van der Waals surface area contributed by atoms with E-state index in [0.717, 1.165) is 11.1 Å². The number of hydrogen-bond donors (Lipinski definition) is 2. The highest BCUT2D eigenvalue weighted by atomic mass is 19.1. The Morgan fingerprint density at radius 1 is 0.944 bits per heavy atom. The SMILES string of the molecule is Cc1ccccc1C(C/C(=N\O)c1ccc(=O)n(C)c1)c1ccc(-c2ccc(C(=O)O)cc2)cc1F. The summed E-state index contributed by atoms with van der Waals surface area (Å²) in [4.78, 5) is 23.0. The van der Waals surface area contributed by atoms with Crippen molar-refractivity contribution in [3.05, 3.63) is 129 Å². The number of hydrogen-bond acceptors (Lipinski definition) is 4. The molecule has 0 aliphatic heterocycles. The lowest BCUT2D eigenvalue weighted by molar-refractivity contribution is 0.0697. The summed E-state index contributed by atoms with van der Waals surface area (Å²) in [5, 5.41) is 22.5. The highest BCUT2D eigenvalue weighted by Gasteiger charge is 2.23. The molecule has 0 radical (unpaired) electrons. The number of aromatic nitrogens is 1. The van der Waals surface area contributed by atoms with Crippen molar-refractivity contribution in [3.63, 3.8) is 0 Å². The zero-order valence-electron chi connectivity index (χ0n) is 19.9. The van der Waals surface area contributed by atoms with Crippen LogP contribution < -0.4 is 5.56 Å². The first-order valence-corrected chi connectivity index (χ1v) is 11.3. The van der Waals surface area contributed by atoms with Crippen molar-refractivity contribution in [1.82, 2.24) is 4.57 Å². The van der Waals surface area contributed by atoms with E-state index < -0.39 is 17.7 Å². The second kappa shape index (κ2) is 10.4. The molecular formula is C29H25FN2O4. The minimum Gasteiger partial charge on any atom is -0.478 e. The number of pyridine rings is 1. The largest absolute Gasteiger partial charge is 0.478 e. The van der Waals surface area contributed by atoms with Gasteiger partial charge in [-0.05, 0) is 59.0 Å². The van der Waals surface area contributed by atoms with Gasteiger partial charge in [-0.15, -0.1) is 0 Å². The topological polar surface area (TPSA) is 91.9 Å². The van der Waals surface area contributed by atoms with Crippen LogP contribution in [0.4, 0.5) is 4.39 Å². The molecule has 0 spiro atoms. The number of carboxylic acids is 1. The molecule has 1 heterocycles. The van der Waals surface area contributed by atoms with E-state index >= 15 is 4.39 Å². The highest BCUT2D eigenvalue weighted by Crippen LogP contribution is 2.35. The number of aromatic carboxylic acids is 1. The Morgan fingerprint density at radius 3 is 2.22 bits per heavy atom. The number of carbonyl (C=O) groups is 1. The van der Waals surface area contributed by atoms with Crippen LogP contribution in [0.15, 0.2) is 95.0 Å². The Hall–Kier alpha value is -4.52. The highest BCUT2D eigenvalue weighted by molar-refractivity contribution is 6.00. The van der Waals surface area contributed by atoms with Gasteiger partial charge in [0.05, 0.1) is 11.3 Å². The van der Waals surface area contributed by atoms with Crippen molar-refractivity contribution in [3.8, 4) is 11.1 Å². The molecule has 4 aromatic rings. The van der Waals surface area contributed by atoms with Gasteiger partial charge in [0.15, 0.2) is 0 Å². The minimum atomic E-state index is -1.02. The Kier molecular flexibility index (Phi) is 7.10. The van der Waals surface area contributed by atoms with E-state index in [-0.39, 0.29) is 17.5 Å². The molecule has 0 amide bonds. The van der Waals surface area contributed by atoms with Crippen LogP contribution in [0.1, 0.15) is 45.0 Å². The number of rotatable bonds is 7. The maximum atomic E-state index is 15.6. The smallest absolute Gasteiger partial charge is 0.335 e. The summed E-state index contributed by atoms with van der Waals surface area (Å²) in [6, 6.07) is 21.8. The summed E-state index contributed by atoms with van der Waals surface area (Å²) in [6.45, 7) is 1.95. The van der Waals surface area contributed by atoms with Crippen LogP contribution in [-0.2, 0) is 7.05 Å². The third-order valence-electron chi connectivity index (χ3n) is 6.34. The van der Waals surface area contributed by atoms with Gasteiger partial charge in [-0.1, -0.05) is 53.7 Å². The molecule has 36 heavy (non-hydrogen) atoms. The Balaban J connectivity index is 1.75. The summed E-state index contributed by atoms with van der Waals surface area (Å²) in [5.41, 5.74) is 4.45. The van der Waals surface area contributed by atoms with Crippen LogP contribution in [0.25, 0.3) is 11.1 Å². The van der Waals surface area contributed by atoms with E-state index in [0.29, 0.717) is 28.0 Å². The quantitative estimate of drug-likeness (QED) is 0.203. The summed E-state index contributed by atoms with van der Waals surface area (Å²) in [7, 11) is 1.61. The molecule has 0 bridgehead atoms. The number of nitrogens with zero attached hydrogens (tertiary/aromatic N) is 2. The van der Waals surface area contributed by atoms with Crippen LogP contribution in [0.3, 0.4) is 0 Å². The normalized spacial score (nSPS) is 12.4. The summed E-state index contributed by atoms with van der Waals surface area (Å²) in [5.74, 6) is -1.91. The summed E-state index contributed by atoms with van der Waals surface area (Å²) in [6.07, 6.45) is 1.79. The van der Waals surface area contributed by atoms with Crippen molar-refractivity contribution in [2.45, 2.75) is 19.3 Å². The number of carboxylic acid groups (broad SMARTS) is 1. The first-order chi connectivity index (χ1) is 17.3. The molecule has 3 aromatic carbocycles. The summed E-state index contributed by atoms with van der Waals surface area (Å²) < 4.78 is 17.0. The Labute approximate surface area is 207 Å². The van der Waals surface area contributed by atoms with Crippen molar-refractivity contribution in [2.24, 2.45) is 12.2 Å². The maximum absolute atomic E-state index is 15.6. The first kappa shape index (κ1) is 24.6. The van der Waals surface area contributed by atoms with Crippen LogP contribution in [0.5, 0.6) is 0 Å². The molecule has 6 nitrogen and oxygen atoms in total. The van der Waals surface area contributed by atoms with Gasteiger partial charge in [0, 0.05) is 37.2 Å². The number of oxime groups is 1. The molecule has 182 valence electrons. The average Bonchev–Trinajstić information content (AvgIpc) is 2.87. The van der Waals surface area contributed by atoms with Crippen molar-refractivity contribution in [2.75, 3.05) is 0 Å². The van der Waals surface area contributed by atoms with Gasteiger partial charge in [0.2, 0.25) is 5.56 Å². The fourth-order valence-electron chi connectivity index (χ4n) is 4.33. The van der Waals surface area contributed by atoms with Crippen molar-refractivity contribution < 1.29 is 19.5 Å². The number of benzene rings is 3. The molecule has 7 heteroatoms. The van der Waals surface area contributed by atoms with Crippen LogP contribution in [-0.4, -0.2) is 26.6 Å². The lowest BCUT2D eigenvalue weighted by Gasteiger charge is -2.22. The average molecular weight is 485 g/mol. The van der Waals surface area contributed by atoms with Crippen LogP contribution in [0.2, 0.25) is 0 Å². The first-order valence-electron chi connectivity index (χ1n) is 11.3.